The highest BCUT2D eigenvalue weighted by atomic mass is 127. The van der Waals surface area contributed by atoms with Crippen molar-refractivity contribution in [3.8, 4) is 0 Å². The zero-order valence-corrected chi connectivity index (χ0v) is 10.7. The van der Waals surface area contributed by atoms with Gasteiger partial charge in [-0.3, -0.25) is 0 Å². The molecule has 0 spiro atoms. The quantitative estimate of drug-likeness (QED) is 0.742. The van der Waals surface area contributed by atoms with Crippen LogP contribution >= 0.6 is 22.6 Å². The summed E-state index contributed by atoms with van der Waals surface area (Å²) in [5.74, 6) is 0.509. The molecule has 1 unspecified atom stereocenters. The number of rotatable bonds is 1. The Bertz CT molecular complexity index is 291. The molecule has 0 aromatic carbocycles. The van der Waals surface area contributed by atoms with E-state index in [9.17, 15) is 0 Å². The Morgan fingerprint density at radius 1 is 1.38 bits per heavy atom. The third-order valence-corrected chi connectivity index (χ3v) is 3.31. The molecule has 0 aliphatic heterocycles. The number of hydrogen-bond acceptors (Lipinski definition) is 2. The smallest absolute Gasteiger partial charge is 0.127 e. The van der Waals surface area contributed by atoms with Crippen LogP contribution in [0.4, 0.5) is 0 Å². The van der Waals surface area contributed by atoms with Gasteiger partial charge in [-0.1, -0.05) is 27.7 Å². The van der Waals surface area contributed by atoms with Crippen molar-refractivity contribution in [1.29, 1.82) is 0 Å². The SMILES string of the molecule is CC(c1ccnnc1I)C(C)(C)C. The second-order valence-electron chi connectivity index (χ2n) is 4.37. The zero-order valence-electron chi connectivity index (χ0n) is 8.50. The van der Waals surface area contributed by atoms with Crippen LogP contribution in [0.15, 0.2) is 12.3 Å². The van der Waals surface area contributed by atoms with E-state index in [-0.39, 0.29) is 5.41 Å². The van der Waals surface area contributed by atoms with Crippen molar-refractivity contribution in [2.75, 3.05) is 0 Å². The molecular formula is C10H15IN2. The highest BCUT2D eigenvalue weighted by Crippen LogP contribution is 2.35. The molecule has 0 N–H and O–H groups in total. The lowest BCUT2D eigenvalue weighted by Gasteiger charge is -2.27. The molecule has 3 heteroatoms. The van der Waals surface area contributed by atoms with Crippen molar-refractivity contribution < 1.29 is 0 Å². The van der Waals surface area contributed by atoms with Gasteiger partial charge in [0.2, 0.25) is 0 Å². The van der Waals surface area contributed by atoms with Crippen LogP contribution in [0, 0.1) is 9.12 Å². The van der Waals surface area contributed by atoms with Crippen molar-refractivity contribution in [3.05, 3.63) is 21.5 Å². The first-order chi connectivity index (χ1) is 5.93. The normalized spacial score (nSPS) is 14.2. The Morgan fingerprint density at radius 3 is 2.46 bits per heavy atom. The molecule has 0 fully saturated rings. The predicted octanol–water partition coefficient (Wildman–Crippen LogP) is 3.23. The van der Waals surface area contributed by atoms with Crippen LogP contribution in [-0.2, 0) is 0 Å². The Morgan fingerprint density at radius 2 is 2.00 bits per heavy atom. The van der Waals surface area contributed by atoms with Crippen LogP contribution in [0.2, 0.25) is 0 Å². The first-order valence-corrected chi connectivity index (χ1v) is 5.48. The largest absolute Gasteiger partial charge is 0.158 e. The fraction of sp³-hybridized carbons (Fsp3) is 0.600. The van der Waals surface area contributed by atoms with Gasteiger partial charge in [0.1, 0.15) is 3.70 Å². The van der Waals surface area contributed by atoms with Crippen LogP contribution in [0.25, 0.3) is 0 Å². The van der Waals surface area contributed by atoms with E-state index in [2.05, 4.69) is 66.5 Å². The van der Waals surface area contributed by atoms with Gasteiger partial charge in [0.15, 0.2) is 0 Å². The van der Waals surface area contributed by atoms with Crippen molar-refractivity contribution in [3.63, 3.8) is 0 Å². The van der Waals surface area contributed by atoms with Crippen molar-refractivity contribution >= 4 is 22.6 Å². The van der Waals surface area contributed by atoms with E-state index in [1.807, 2.05) is 0 Å². The highest BCUT2D eigenvalue weighted by molar-refractivity contribution is 14.1. The van der Waals surface area contributed by atoms with Crippen LogP contribution in [-0.4, -0.2) is 10.2 Å². The molecule has 0 aliphatic rings. The monoisotopic (exact) mass is 290 g/mol. The first kappa shape index (κ1) is 10.9. The molecule has 2 nitrogen and oxygen atoms in total. The van der Waals surface area contributed by atoms with Gasteiger partial charge in [0, 0.05) is 6.20 Å². The van der Waals surface area contributed by atoms with Gasteiger partial charge in [-0.05, 0) is 45.6 Å². The van der Waals surface area contributed by atoms with Crippen LogP contribution < -0.4 is 0 Å². The van der Waals surface area contributed by atoms with Crippen molar-refractivity contribution in [2.24, 2.45) is 5.41 Å². The van der Waals surface area contributed by atoms with Gasteiger partial charge < -0.3 is 0 Å². The predicted molar refractivity (Wildman–Crippen MR) is 62.6 cm³/mol. The van der Waals surface area contributed by atoms with Gasteiger partial charge in [-0.25, -0.2) is 0 Å². The molecule has 13 heavy (non-hydrogen) atoms. The molecule has 1 aromatic rings. The molecule has 0 saturated heterocycles. The highest BCUT2D eigenvalue weighted by Gasteiger charge is 2.23. The molecule has 1 rings (SSSR count). The number of halogens is 1. The van der Waals surface area contributed by atoms with Crippen LogP contribution in [0.3, 0.4) is 0 Å². The van der Waals surface area contributed by atoms with E-state index in [0.29, 0.717) is 5.92 Å². The summed E-state index contributed by atoms with van der Waals surface area (Å²) in [6, 6.07) is 2.06. The lowest BCUT2D eigenvalue weighted by atomic mass is 9.78. The van der Waals surface area contributed by atoms with E-state index in [1.165, 1.54) is 5.56 Å². The minimum atomic E-state index is 0.281. The molecule has 1 aromatic heterocycles. The van der Waals surface area contributed by atoms with Crippen molar-refractivity contribution in [2.45, 2.75) is 33.6 Å². The minimum absolute atomic E-state index is 0.281. The fourth-order valence-electron chi connectivity index (χ4n) is 1.11. The lowest BCUT2D eigenvalue weighted by Crippen LogP contribution is -2.16. The molecule has 0 bridgehead atoms. The maximum atomic E-state index is 4.05. The second kappa shape index (κ2) is 3.90. The van der Waals surface area contributed by atoms with Crippen LogP contribution in [0.1, 0.15) is 39.2 Å². The van der Waals surface area contributed by atoms with Gasteiger partial charge in [-0.2, -0.15) is 5.10 Å². The second-order valence-corrected chi connectivity index (χ2v) is 5.39. The number of aromatic nitrogens is 2. The summed E-state index contributed by atoms with van der Waals surface area (Å²) in [7, 11) is 0. The lowest BCUT2D eigenvalue weighted by molar-refractivity contribution is 0.337. The number of nitrogens with zero attached hydrogens (tertiary/aromatic N) is 2. The summed E-state index contributed by atoms with van der Waals surface area (Å²) < 4.78 is 1.02. The molecule has 0 radical (unpaired) electrons. The third-order valence-electron chi connectivity index (χ3n) is 2.47. The van der Waals surface area contributed by atoms with Gasteiger partial charge in [0.05, 0.1) is 0 Å². The summed E-state index contributed by atoms with van der Waals surface area (Å²) in [6.07, 6.45) is 1.76. The Balaban J connectivity index is 3.02. The van der Waals surface area contributed by atoms with Gasteiger partial charge in [-0.15, -0.1) is 5.10 Å². The first-order valence-electron chi connectivity index (χ1n) is 4.40. The molecule has 1 heterocycles. The Hall–Kier alpha value is -0.190. The minimum Gasteiger partial charge on any atom is -0.158 e. The standard InChI is InChI=1S/C10H15IN2/c1-7(10(2,3)4)8-5-6-12-13-9(8)11/h5-7H,1-4H3. The summed E-state index contributed by atoms with van der Waals surface area (Å²) in [5.41, 5.74) is 1.58. The molecule has 72 valence electrons. The summed E-state index contributed by atoms with van der Waals surface area (Å²) in [4.78, 5) is 0. The fourth-order valence-corrected chi connectivity index (χ4v) is 1.89. The van der Waals surface area contributed by atoms with Crippen molar-refractivity contribution in [1.82, 2.24) is 10.2 Å². The Labute approximate surface area is 93.3 Å². The third kappa shape index (κ3) is 2.62. The average Bonchev–Trinajstić information content (AvgIpc) is 2.02. The molecule has 0 aliphatic carbocycles. The maximum absolute atomic E-state index is 4.05. The summed E-state index contributed by atoms with van der Waals surface area (Å²) in [6.45, 7) is 8.97. The van der Waals surface area contributed by atoms with Gasteiger partial charge in [0.25, 0.3) is 0 Å². The van der Waals surface area contributed by atoms with Gasteiger partial charge >= 0.3 is 0 Å². The van der Waals surface area contributed by atoms with E-state index in [0.717, 1.165) is 3.70 Å². The van der Waals surface area contributed by atoms with Crippen LogP contribution in [0.5, 0.6) is 0 Å². The topological polar surface area (TPSA) is 25.8 Å². The maximum Gasteiger partial charge on any atom is 0.127 e. The molecule has 1 atom stereocenters. The Kier molecular flexibility index (Phi) is 3.27. The van der Waals surface area contributed by atoms with E-state index < -0.39 is 0 Å². The van der Waals surface area contributed by atoms with E-state index in [1.54, 1.807) is 6.20 Å². The van der Waals surface area contributed by atoms with E-state index in [4.69, 9.17) is 0 Å². The molecule has 0 amide bonds. The molecule has 0 saturated carbocycles. The summed E-state index contributed by atoms with van der Waals surface area (Å²) in [5, 5.41) is 7.90. The average molecular weight is 290 g/mol. The molecular weight excluding hydrogens is 275 g/mol. The summed E-state index contributed by atoms with van der Waals surface area (Å²) >= 11 is 2.24. The number of hydrogen-bond donors (Lipinski definition) is 0. The zero-order chi connectivity index (χ0) is 10.1. The van der Waals surface area contributed by atoms with E-state index >= 15 is 0 Å².